The minimum Gasteiger partial charge on any atom is -0.393 e. The molecule has 2 aromatic rings. The molecule has 0 bridgehead atoms. The Morgan fingerprint density at radius 1 is 1.33 bits per heavy atom. The molecule has 2 heterocycles. The minimum atomic E-state index is -0.470. The molecular formula is C11H15N5O2. The van der Waals surface area contributed by atoms with E-state index in [9.17, 15) is 9.59 Å². The van der Waals surface area contributed by atoms with E-state index in [1.54, 1.807) is 24.1 Å². The summed E-state index contributed by atoms with van der Waals surface area (Å²) >= 11 is 0. The molecule has 0 saturated carbocycles. The van der Waals surface area contributed by atoms with E-state index < -0.39 is 11.2 Å². The van der Waals surface area contributed by atoms with Crippen molar-refractivity contribution in [2.75, 3.05) is 5.73 Å². The number of aromatic nitrogens is 4. The smallest absolute Gasteiger partial charge is 0.331 e. The Morgan fingerprint density at radius 3 is 2.67 bits per heavy atom. The maximum Gasteiger partial charge on any atom is 0.331 e. The van der Waals surface area contributed by atoms with E-state index in [1.807, 2.05) is 6.92 Å². The number of nitrogens with zero attached hydrogens (tertiary/aromatic N) is 4. The minimum absolute atomic E-state index is 0.0555. The average Bonchev–Trinajstić information content (AvgIpc) is 2.80. The first-order chi connectivity index (χ1) is 8.52. The van der Waals surface area contributed by atoms with E-state index in [4.69, 9.17) is 5.73 Å². The van der Waals surface area contributed by atoms with Crippen LogP contribution in [0, 0.1) is 0 Å². The summed E-state index contributed by atoms with van der Waals surface area (Å²) in [7, 11) is 1.56. The van der Waals surface area contributed by atoms with Crippen molar-refractivity contribution in [1.82, 2.24) is 18.9 Å². The molecule has 2 rings (SSSR count). The van der Waals surface area contributed by atoms with E-state index >= 15 is 0 Å². The van der Waals surface area contributed by atoms with Crippen LogP contribution in [0.5, 0.6) is 0 Å². The molecule has 18 heavy (non-hydrogen) atoms. The molecule has 0 aliphatic rings. The Hall–Kier alpha value is -2.31. The first kappa shape index (κ1) is 12.2. The molecule has 96 valence electrons. The number of anilines is 1. The standard InChI is InChI=1S/C11H15N5O2/c1-3-15-5-8(4-13-15)6-16-10(17)9(12)7-14(2)11(16)18/h4-5,7H,3,6,12H2,1-2H3. The molecule has 0 aliphatic carbocycles. The SMILES string of the molecule is CCn1cc(Cn2c(=O)c(N)cn(C)c2=O)cn1. The molecule has 0 unspecified atom stereocenters. The first-order valence-corrected chi connectivity index (χ1v) is 5.60. The van der Waals surface area contributed by atoms with Crippen LogP contribution in [0.4, 0.5) is 5.69 Å². The fraction of sp³-hybridized carbons (Fsp3) is 0.364. The maximum atomic E-state index is 11.9. The normalized spacial score (nSPS) is 10.8. The predicted molar refractivity (Wildman–Crippen MR) is 67.4 cm³/mol. The molecule has 2 aromatic heterocycles. The summed E-state index contributed by atoms with van der Waals surface area (Å²) < 4.78 is 4.13. The van der Waals surface area contributed by atoms with E-state index in [0.717, 1.165) is 16.7 Å². The lowest BCUT2D eigenvalue weighted by atomic mass is 10.3. The number of nitrogens with two attached hydrogens (primary N) is 1. The van der Waals surface area contributed by atoms with Gasteiger partial charge in [0.05, 0.1) is 12.7 Å². The molecule has 2 N–H and O–H groups in total. The van der Waals surface area contributed by atoms with Crippen molar-refractivity contribution in [2.45, 2.75) is 20.0 Å². The van der Waals surface area contributed by atoms with Crippen molar-refractivity contribution in [3.05, 3.63) is 45.0 Å². The van der Waals surface area contributed by atoms with Crippen molar-refractivity contribution in [3.63, 3.8) is 0 Å². The summed E-state index contributed by atoms with van der Waals surface area (Å²) in [5, 5.41) is 4.10. The monoisotopic (exact) mass is 249 g/mol. The van der Waals surface area contributed by atoms with Gasteiger partial charge in [-0.3, -0.25) is 14.0 Å². The number of aryl methyl sites for hydroxylation is 2. The highest BCUT2D eigenvalue weighted by Crippen LogP contribution is 1.99. The third-order valence-corrected chi connectivity index (χ3v) is 2.71. The highest BCUT2D eigenvalue weighted by molar-refractivity contribution is 5.31. The molecular weight excluding hydrogens is 234 g/mol. The Kier molecular flexibility index (Phi) is 3.05. The van der Waals surface area contributed by atoms with Gasteiger partial charge in [0.2, 0.25) is 0 Å². The van der Waals surface area contributed by atoms with Gasteiger partial charge in [0.1, 0.15) is 5.69 Å². The Morgan fingerprint density at radius 2 is 2.06 bits per heavy atom. The number of nitrogen functional groups attached to an aromatic ring is 1. The summed E-state index contributed by atoms with van der Waals surface area (Å²) in [4.78, 5) is 23.7. The first-order valence-electron chi connectivity index (χ1n) is 5.60. The van der Waals surface area contributed by atoms with Crippen LogP contribution in [0.2, 0.25) is 0 Å². The summed E-state index contributed by atoms with van der Waals surface area (Å²) in [6.07, 6.45) is 4.77. The zero-order valence-corrected chi connectivity index (χ0v) is 10.3. The third kappa shape index (κ3) is 2.06. The van der Waals surface area contributed by atoms with E-state index in [0.29, 0.717) is 0 Å². The zero-order chi connectivity index (χ0) is 13.3. The fourth-order valence-electron chi connectivity index (χ4n) is 1.74. The third-order valence-electron chi connectivity index (χ3n) is 2.71. The van der Waals surface area contributed by atoms with Gasteiger partial charge < -0.3 is 10.3 Å². The van der Waals surface area contributed by atoms with Crippen LogP contribution >= 0.6 is 0 Å². The van der Waals surface area contributed by atoms with E-state index in [2.05, 4.69) is 5.10 Å². The van der Waals surface area contributed by atoms with Gasteiger partial charge in [0.25, 0.3) is 5.56 Å². The topological polar surface area (TPSA) is 87.8 Å². The molecule has 0 saturated heterocycles. The second-order valence-corrected chi connectivity index (χ2v) is 4.07. The summed E-state index contributed by atoms with van der Waals surface area (Å²) in [5.74, 6) is 0. The van der Waals surface area contributed by atoms with Crippen LogP contribution < -0.4 is 17.0 Å². The largest absolute Gasteiger partial charge is 0.393 e. The number of hydrogen-bond acceptors (Lipinski definition) is 4. The molecule has 7 nitrogen and oxygen atoms in total. The lowest BCUT2D eigenvalue weighted by molar-refractivity contribution is 0.638. The molecule has 0 aliphatic heterocycles. The molecule has 0 fully saturated rings. The average molecular weight is 249 g/mol. The van der Waals surface area contributed by atoms with Crippen molar-refractivity contribution in [2.24, 2.45) is 7.05 Å². The number of rotatable bonds is 3. The van der Waals surface area contributed by atoms with Gasteiger partial charge in [-0.15, -0.1) is 0 Å². The lowest BCUT2D eigenvalue weighted by Crippen LogP contribution is -2.39. The van der Waals surface area contributed by atoms with Crippen LogP contribution in [0.15, 0.2) is 28.2 Å². The Balaban J connectivity index is 2.46. The van der Waals surface area contributed by atoms with E-state index in [-0.39, 0.29) is 12.2 Å². The van der Waals surface area contributed by atoms with Gasteiger partial charge >= 0.3 is 5.69 Å². The highest BCUT2D eigenvalue weighted by Gasteiger charge is 2.08. The van der Waals surface area contributed by atoms with Crippen molar-refractivity contribution in [3.8, 4) is 0 Å². The fourth-order valence-corrected chi connectivity index (χ4v) is 1.74. The van der Waals surface area contributed by atoms with Crippen LogP contribution in [0.3, 0.4) is 0 Å². The highest BCUT2D eigenvalue weighted by atomic mass is 16.2. The van der Waals surface area contributed by atoms with Gasteiger partial charge in [-0.2, -0.15) is 5.10 Å². The summed E-state index contributed by atoms with van der Waals surface area (Å²) in [6.45, 7) is 2.88. The molecule has 7 heteroatoms. The summed E-state index contributed by atoms with van der Waals surface area (Å²) in [5.41, 5.74) is 5.55. The van der Waals surface area contributed by atoms with Crippen molar-refractivity contribution >= 4 is 5.69 Å². The van der Waals surface area contributed by atoms with Crippen LogP contribution in [-0.4, -0.2) is 18.9 Å². The molecule has 0 atom stereocenters. The molecule has 0 aromatic carbocycles. The van der Waals surface area contributed by atoms with Crippen LogP contribution in [-0.2, 0) is 20.1 Å². The lowest BCUT2D eigenvalue weighted by Gasteiger charge is -2.06. The molecule has 0 amide bonds. The Labute approximate surface area is 103 Å². The van der Waals surface area contributed by atoms with Gasteiger partial charge in [0.15, 0.2) is 0 Å². The van der Waals surface area contributed by atoms with E-state index in [1.165, 1.54) is 10.8 Å². The second-order valence-electron chi connectivity index (χ2n) is 4.07. The zero-order valence-electron chi connectivity index (χ0n) is 10.3. The van der Waals surface area contributed by atoms with Gasteiger partial charge in [-0.1, -0.05) is 0 Å². The van der Waals surface area contributed by atoms with Crippen molar-refractivity contribution in [1.29, 1.82) is 0 Å². The second kappa shape index (κ2) is 4.52. The van der Waals surface area contributed by atoms with Gasteiger partial charge in [-0.05, 0) is 6.92 Å². The molecule has 0 radical (unpaired) electrons. The van der Waals surface area contributed by atoms with Crippen LogP contribution in [0.1, 0.15) is 12.5 Å². The van der Waals surface area contributed by atoms with Gasteiger partial charge in [-0.25, -0.2) is 4.79 Å². The van der Waals surface area contributed by atoms with Crippen LogP contribution in [0.25, 0.3) is 0 Å². The van der Waals surface area contributed by atoms with Crippen molar-refractivity contribution < 1.29 is 0 Å². The number of hydrogen-bond donors (Lipinski definition) is 1. The van der Waals surface area contributed by atoms with Gasteiger partial charge in [0, 0.05) is 31.5 Å². The molecule has 0 spiro atoms. The maximum absolute atomic E-state index is 11.9. The predicted octanol–water partition coefficient (Wildman–Crippen LogP) is -0.606. The quantitative estimate of drug-likeness (QED) is 0.786. The Bertz CT molecular complexity index is 645. The summed E-state index contributed by atoms with van der Waals surface area (Å²) in [6, 6.07) is 0.